The highest BCUT2D eigenvalue weighted by molar-refractivity contribution is 7.80. The molecule has 0 aromatic heterocycles. The van der Waals surface area contributed by atoms with Crippen molar-refractivity contribution in [3.05, 3.63) is 206 Å². The van der Waals surface area contributed by atoms with Crippen molar-refractivity contribution in [2.45, 2.75) is 0 Å². The Morgan fingerprint density at radius 2 is 0.673 bits per heavy atom. The summed E-state index contributed by atoms with van der Waals surface area (Å²) in [6, 6.07) is 77.1. The molecule has 0 heterocycles. The Morgan fingerprint density at radius 3 is 1.27 bits per heavy atom. The maximum Gasteiger partial charge on any atom is -0.00137 e. The lowest BCUT2D eigenvalue weighted by molar-refractivity contribution is 1.75. The van der Waals surface area contributed by atoms with Crippen molar-refractivity contribution in [3.63, 3.8) is 0 Å². The van der Waals surface area contributed by atoms with Gasteiger partial charge in [-0.05, 0) is 114 Å². The predicted octanol–water partition coefficient (Wildman–Crippen LogP) is 11.0. The van der Waals surface area contributed by atoms with Crippen molar-refractivity contribution in [1.29, 1.82) is 0 Å². The van der Waals surface area contributed by atoms with Crippen LogP contribution in [0.5, 0.6) is 0 Å². The molecule has 0 nitrogen and oxygen atoms in total. The standard InChI is InChI=1S/C50H34P2/c1-5-16-39(17-6-1)51(40-18-7-2-8-19-40)43-30-32-45-38(33-43)34-47(52(41-20-9-3-10-21-41)42-22-11-4-12-23-42)46-31-29-37-28-27-36-26-25-35-15-13-14-24-44(35)48(36)49(37)50(45)46/h1-34H. The van der Waals surface area contributed by atoms with Crippen LogP contribution in [0.25, 0.3) is 53.9 Å². The fraction of sp³-hybridized carbons (Fsp3) is 0. The molecule has 0 amide bonds. The largest absolute Gasteiger partial charge is 0.0622 e. The van der Waals surface area contributed by atoms with E-state index in [0.29, 0.717) is 0 Å². The molecule has 0 saturated heterocycles. The molecule has 0 saturated carbocycles. The third kappa shape index (κ3) is 5.31. The first-order valence-electron chi connectivity index (χ1n) is 17.9. The number of benzene rings is 10. The van der Waals surface area contributed by atoms with Gasteiger partial charge in [-0.3, -0.25) is 0 Å². The molecule has 10 aromatic carbocycles. The minimum atomic E-state index is -0.859. The van der Waals surface area contributed by atoms with Gasteiger partial charge in [-0.25, -0.2) is 0 Å². The summed E-state index contributed by atoms with van der Waals surface area (Å²) < 4.78 is 0. The summed E-state index contributed by atoms with van der Waals surface area (Å²) in [5.74, 6) is 0. The van der Waals surface area contributed by atoms with Gasteiger partial charge in [-0.2, -0.15) is 0 Å². The van der Waals surface area contributed by atoms with Gasteiger partial charge >= 0.3 is 0 Å². The van der Waals surface area contributed by atoms with Crippen molar-refractivity contribution in [1.82, 2.24) is 0 Å². The van der Waals surface area contributed by atoms with E-state index in [9.17, 15) is 0 Å². The lowest BCUT2D eigenvalue weighted by atomic mass is 9.90. The van der Waals surface area contributed by atoms with Crippen molar-refractivity contribution in [2.24, 2.45) is 0 Å². The highest BCUT2D eigenvalue weighted by atomic mass is 31.1. The molecule has 0 N–H and O–H groups in total. The Balaban J connectivity index is 1.37. The van der Waals surface area contributed by atoms with Crippen molar-refractivity contribution >= 4 is 102 Å². The van der Waals surface area contributed by atoms with Crippen molar-refractivity contribution in [2.75, 3.05) is 0 Å². The van der Waals surface area contributed by atoms with Gasteiger partial charge < -0.3 is 0 Å². The second-order valence-electron chi connectivity index (χ2n) is 13.4. The van der Waals surface area contributed by atoms with Gasteiger partial charge in [0.05, 0.1) is 0 Å². The molecule has 2 heteroatoms. The highest BCUT2D eigenvalue weighted by Gasteiger charge is 2.23. The first-order valence-corrected chi connectivity index (χ1v) is 20.5. The number of fused-ring (bicyclic) bond motifs is 9. The van der Waals surface area contributed by atoms with Crippen LogP contribution in [-0.4, -0.2) is 0 Å². The third-order valence-corrected chi connectivity index (χ3v) is 15.2. The quantitative estimate of drug-likeness (QED) is 0.120. The maximum atomic E-state index is 2.53. The van der Waals surface area contributed by atoms with E-state index in [1.807, 2.05) is 0 Å². The van der Waals surface area contributed by atoms with Crippen LogP contribution in [0.15, 0.2) is 206 Å². The van der Waals surface area contributed by atoms with E-state index < -0.39 is 15.8 Å². The van der Waals surface area contributed by atoms with E-state index in [1.165, 1.54) is 85.7 Å². The molecule has 0 fully saturated rings. The predicted molar refractivity (Wildman–Crippen MR) is 231 cm³/mol. The van der Waals surface area contributed by atoms with E-state index >= 15 is 0 Å². The molecule has 52 heavy (non-hydrogen) atoms. The zero-order chi connectivity index (χ0) is 34.4. The van der Waals surface area contributed by atoms with Crippen molar-refractivity contribution < 1.29 is 0 Å². The van der Waals surface area contributed by atoms with Crippen molar-refractivity contribution in [3.8, 4) is 0 Å². The minimum Gasteiger partial charge on any atom is -0.0622 e. The second-order valence-corrected chi connectivity index (χ2v) is 17.8. The SMILES string of the molecule is c1ccc(P(c2ccccc2)c2ccc3c(c2)cc(P(c2ccccc2)c2ccccc2)c2ccc4ccc5ccc6ccccc6c5c4c23)cc1. The molecule has 0 aliphatic rings. The van der Waals surface area contributed by atoms with Gasteiger partial charge in [0.2, 0.25) is 0 Å². The van der Waals surface area contributed by atoms with E-state index in [1.54, 1.807) is 0 Å². The molecule has 244 valence electrons. The number of rotatable bonds is 6. The van der Waals surface area contributed by atoms with E-state index in [4.69, 9.17) is 0 Å². The number of hydrogen-bond donors (Lipinski definition) is 0. The average Bonchev–Trinajstić information content (AvgIpc) is 3.22. The second kappa shape index (κ2) is 13.2. The fourth-order valence-electron chi connectivity index (χ4n) is 8.04. The van der Waals surface area contributed by atoms with E-state index in [2.05, 4.69) is 206 Å². The molecular weight excluding hydrogens is 662 g/mol. The van der Waals surface area contributed by atoms with Gasteiger partial charge in [0.1, 0.15) is 0 Å². The molecule has 0 aliphatic carbocycles. The first kappa shape index (κ1) is 31.1. The summed E-state index contributed by atoms with van der Waals surface area (Å²) in [6.07, 6.45) is 0. The third-order valence-electron chi connectivity index (χ3n) is 10.3. The molecule has 0 radical (unpaired) electrons. The molecule has 0 aliphatic heterocycles. The van der Waals surface area contributed by atoms with Crippen LogP contribution in [-0.2, 0) is 0 Å². The molecule has 0 spiro atoms. The molecule has 0 atom stereocenters. The van der Waals surface area contributed by atoms with E-state index in [-0.39, 0.29) is 0 Å². The van der Waals surface area contributed by atoms with Crippen LogP contribution < -0.4 is 31.8 Å². The highest BCUT2D eigenvalue weighted by Crippen LogP contribution is 2.44. The monoisotopic (exact) mass is 696 g/mol. The van der Waals surface area contributed by atoms with Crippen LogP contribution in [0.2, 0.25) is 0 Å². The number of hydrogen-bond acceptors (Lipinski definition) is 0. The summed E-state index contributed by atoms with van der Waals surface area (Å²) in [5.41, 5.74) is 0. The Labute approximate surface area is 306 Å². The van der Waals surface area contributed by atoms with Crippen LogP contribution in [0, 0.1) is 0 Å². The zero-order valence-corrected chi connectivity index (χ0v) is 30.3. The Kier molecular flexibility index (Phi) is 7.88. The molecule has 10 aromatic rings. The van der Waals surface area contributed by atoms with Gasteiger partial charge in [0.25, 0.3) is 0 Å². The van der Waals surface area contributed by atoms with Crippen LogP contribution in [0.1, 0.15) is 0 Å². The minimum absolute atomic E-state index is 0.756. The van der Waals surface area contributed by atoms with Gasteiger partial charge in [0, 0.05) is 0 Å². The normalized spacial score (nSPS) is 11.8. The van der Waals surface area contributed by atoms with E-state index in [0.717, 1.165) is 0 Å². The van der Waals surface area contributed by atoms with Crippen LogP contribution in [0.3, 0.4) is 0 Å². The lowest BCUT2D eigenvalue weighted by Crippen LogP contribution is -2.22. The zero-order valence-electron chi connectivity index (χ0n) is 28.5. The summed E-state index contributed by atoms with van der Waals surface area (Å²) in [6.45, 7) is 0. The summed E-state index contributed by atoms with van der Waals surface area (Å²) >= 11 is 0. The smallest absolute Gasteiger partial charge is 0.00137 e. The van der Waals surface area contributed by atoms with Gasteiger partial charge in [-0.15, -0.1) is 0 Å². The molecule has 10 rings (SSSR count). The molecule has 0 unspecified atom stereocenters. The lowest BCUT2D eigenvalue weighted by Gasteiger charge is -2.24. The van der Waals surface area contributed by atoms with Gasteiger partial charge in [0.15, 0.2) is 0 Å². The topological polar surface area (TPSA) is 0 Å². The Bertz CT molecular complexity index is 2800. The Hall–Kier alpha value is -5.64. The van der Waals surface area contributed by atoms with Crippen LogP contribution >= 0.6 is 15.8 Å². The summed E-state index contributed by atoms with van der Waals surface area (Å²) in [7, 11) is -1.62. The van der Waals surface area contributed by atoms with Crippen LogP contribution in [0.4, 0.5) is 0 Å². The Morgan fingerprint density at radius 1 is 0.231 bits per heavy atom. The molecule has 0 bridgehead atoms. The fourth-order valence-corrected chi connectivity index (χ4v) is 12.9. The maximum absolute atomic E-state index is 2.53. The first-order chi connectivity index (χ1) is 25.8. The molecular formula is C50H34P2. The summed E-state index contributed by atoms with van der Waals surface area (Å²) in [5, 5.41) is 21.3. The summed E-state index contributed by atoms with van der Waals surface area (Å²) in [4.78, 5) is 0. The van der Waals surface area contributed by atoms with Gasteiger partial charge in [-0.1, -0.05) is 194 Å². The average molecular weight is 697 g/mol.